The van der Waals surface area contributed by atoms with Gasteiger partial charge in [0, 0.05) is 12.0 Å². The summed E-state index contributed by atoms with van der Waals surface area (Å²) in [4.78, 5) is 12.5. The molecule has 1 aromatic carbocycles. The Labute approximate surface area is 128 Å². The molecule has 3 nitrogen and oxygen atoms in total. The molecule has 0 aliphatic heterocycles. The Hall–Kier alpha value is -1.16. The molecule has 2 N–H and O–H groups in total. The van der Waals surface area contributed by atoms with Crippen molar-refractivity contribution in [2.45, 2.75) is 19.4 Å². The Morgan fingerprint density at radius 1 is 1.30 bits per heavy atom. The van der Waals surface area contributed by atoms with Crippen LogP contribution in [0, 0.1) is 0 Å². The summed E-state index contributed by atoms with van der Waals surface area (Å²) in [5, 5.41) is 0. The van der Waals surface area contributed by atoms with Crippen molar-refractivity contribution in [1.29, 1.82) is 0 Å². The van der Waals surface area contributed by atoms with E-state index in [0.29, 0.717) is 16.6 Å². The van der Waals surface area contributed by atoms with E-state index in [4.69, 9.17) is 5.73 Å². The molecule has 0 heterocycles. The highest BCUT2D eigenvalue weighted by Gasteiger charge is 2.35. The van der Waals surface area contributed by atoms with E-state index in [-0.39, 0.29) is 24.2 Å². The zero-order valence-electron chi connectivity index (χ0n) is 12.6. The molecule has 0 bridgehead atoms. The van der Waals surface area contributed by atoms with Crippen LogP contribution in [0.5, 0.6) is 0 Å². The van der Waals surface area contributed by atoms with Crippen LogP contribution in [0.15, 0.2) is 42.5 Å². The van der Waals surface area contributed by atoms with E-state index in [1.807, 2.05) is 30.3 Å². The second kappa shape index (κ2) is 8.20. The second-order valence-electron chi connectivity index (χ2n) is 5.60. The van der Waals surface area contributed by atoms with Crippen molar-refractivity contribution in [3.05, 3.63) is 48.0 Å². The number of hydrogen-bond donors (Lipinski definition) is 1. The van der Waals surface area contributed by atoms with Gasteiger partial charge >= 0.3 is 0 Å². The first-order valence-electron chi connectivity index (χ1n) is 6.67. The number of hydrogen-bond acceptors (Lipinski definition) is 2. The molecule has 0 aromatic heterocycles. The van der Waals surface area contributed by atoms with Gasteiger partial charge in [0.15, 0.2) is 6.04 Å². The molecule has 1 atom stereocenters. The maximum absolute atomic E-state index is 12.5. The number of carbonyl (C=O) groups excluding carboxylic acids is 1. The van der Waals surface area contributed by atoms with E-state index >= 15 is 0 Å². The van der Waals surface area contributed by atoms with Crippen molar-refractivity contribution in [2.24, 2.45) is 5.73 Å². The summed E-state index contributed by atoms with van der Waals surface area (Å²) >= 11 is 0. The van der Waals surface area contributed by atoms with E-state index in [2.05, 4.69) is 20.7 Å². The molecule has 20 heavy (non-hydrogen) atoms. The van der Waals surface area contributed by atoms with Crippen molar-refractivity contribution in [3.8, 4) is 0 Å². The molecule has 0 fully saturated rings. The molecule has 0 amide bonds. The average Bonchev–Trinajstić information content (AvgIpc) is 2.37. The van der Waals surface area contributed by atoms with Gasteiger partial charge in [-0.2, -0.15) is 0 Å². The van der Waals surface area contributed by atoms with E-state index in [0.717, 1.165) is 18.5 Å². The van der Waals surface area contributed by atoms with Crippen LogP contribution >= 0.6 is 0 Å². The second-order valence-corrected chi connectivity index (χ2v) is 5.60. The zero-order chi connectivity index (χ0) is 14.5. The first-order valence-corrected chi connectivity index (χ1v) is 6.67. The standard InChI is InChI=1S/C16H25N2O.ClH/c1-13(2)16(19)15(14-9-6-5-7-10-14)18(3,4)12-8-11-17;/h5-7,9-10,15H,1,8,11-12,17H2,2-4H3;1H/q+1;/p-1. The first kappa shape index (κ1) is 18.8. The van der Waals surface area contributed by atoms with Crippen molar-refractivity contribution in [1.82, 2.24) is 0 Å². The number of carbonyl (C=O) groups is 1. The molecular formula is C16H25ClN2O. The molecule has 1 rings (SSSR count). The van der Waals surface area contributed by atoms with Gasteiger partial charge < -0.3 is 22.6 Å². The third kappa shape index (κ3) is 4.75. The molecule has 0 saturated carbocycles. The van der Waals surface area contributed by atoms with Crippen LogP contribution in [0.3, 0.4) is 0 Å². The zero-order valence-corrected chi connectivity index (χ0v) is 13.4. The van der Waals surface area contributed by atoms with Gasteiger partial charge in [-0.1, -0.05) is 36.9 Å². The van der Waals surface area contributed by atoms with Gasteiger partial charge in [0.1, 0.15) is 0 Å². The topological polar surface area (TPSA) is 43.1 Å². The van der Waals surface area contributed by atoms with Crippen LogP contribution < -0.4 is 18.1 Å². The van der Waals surface area contributed by atoms with Crippen LogP contribution in [0.25, 0.3) is 0 Å². The number of ketones is 1. The third-order valence-corrected chi connectivity index (χ3v) is 3.42. The number of nitrogens with two attached hydrogens (primary N) is 1. The van der Waals surface area contributed by atoms with Crippen LogP contribution in [0.2, 0.25) is 0 Å². The van der Waals surface area contributed by atoms with Crippen molar-refractivity contribution < 1.29 is 21.7 Å². The lowest BCUT2D eigenvalue weighted by Crippen LogP contribution is -3.00. The fraction of sp³-hybridized carbons (Fsp3) is 0.438. The number of benzene rings is 1. The van der Waals surface area contributed by atoms with E-state index in [1.165, 1.54) is 0 Å². The Morgan fingerprint density at radius 2 is 1.85 bits per heavy atom. The van der Waals surface area contributed by atoms with Gasteiger partial charge in [0.05, 0.1) is 20.6 Å². The molecule has 0 aliphatic rings. The smallest absolute Gasteiger partial charge is 0.219 e. The lowest BCUT2D eigenvalue weighted by molar-refractivity contribution is -0.911. The highest BCUT2D eigenvalue weighted by molar-refractivity contribution is 5.98. The lowest BCUT2D eigenvalue weighted by atomic mass is 9.95. The highest BCUT2D eigenvalue weighted by Crippen LogP contribution is 2.28. The van der Waals surface area contributed by atoms with Gasteiger partial charge in [-0.25, -0.2) is 0 Å². The summed E-state index contributed by atoms with van der Waals surface area (Å²) in [7, 11) is 4.16. The number of likely N-dealkylation sites (N-methyl/N-ethyl adjacent to an activating group) is 1. The third-order valence-electron chi connectivity index (χ3n) is 3.42. The number of quaternary nitrogens is 1. The lowest BCUT2D eigenvalue weighted by Gasteiger charge is -2.37. The number of nitrogens with zero attached hydrogens (tertiary/aromatic N) is 1. The molecule has 0 spiro atoms. The largest absolute Gasteiger partial charge is 1.00 e. The Morgan fingerprint density at radius 3 is 2.30 bits per heavy atom. The monoisotopic (exact) mass is 296 g/mol. The molecule has 1 aromatic rings. The Kier molecular flexibility index (Phi) is 7.72. The van der Waals surface area contributed by atoms with E-state index in [9.17, 15) is 4.79 Å². The SMILES string of the molecule is C=C(C)C(=O)C(c1ccccc1)[N+](C)(C)CCCN.[Cl-]. The predicted molar refractivity (Wildman–Crippen MR) is 79.7 cm³/mol. The number of Topliss-reactive ketones (excluding diaryl/α,β-unsaturated/α-hetero) is 1. The first-order chi connectivity index (χ1) is 8.90. The number of halogens is 1. The fourth-order valence-corrected chi connectivity index (χ4v) is 2.37. The Balaban J connectivity index is 0.00000361. The van der Waals surface area contributed by atoms with Crippen LogP contribution in [-0.2, 0) is 4.79 Å². The van der Waals surface area contributed by atoms with Crippen molar-refractivity contribution >= 4 is 5.78 Å². The van der Waals surface area contributed by atoms with Crippen LogP contribution in [0.1, 0.15) is 24.9 Å². The maximum atomic E-state index is 12.5. The minimum atomic E-state index is -0.203. The summed E-state index contributed by atoms with van der Waals surface area (Å²) in [5.41, 5.74) is 7.24. The van der Waals surface area contributed by atoms with Gasteiger partial charge in [-0.05, 0) is 19.0 Å². The predicted octanol–water partition coefficient (Wildman–Crippen LogP) is -0.698. The molecule has 112 valence electrons. The summed E-state index contributed by atoms with van der Waals surface area (Å²) in [5.74, 6) is 0.105. The van der Waals surface area contributed by atoms with Gasteiger partial charge in [0.25, 0.3) is 0 Å². The van der Waals surface area contributed by atoms with Crippen molar-refractivity contribution in [3.63, 3.8) is 0 Å². The quantitative estimate of drug-likeness (QED) is 0.534. The fourth-order valence-electron chi connectivity index (χ4n) is 2.37. The summed E-state index contributed by atoms with van der Waals surface area (Å²) in [6, 6.07) is 9.71. The molecule has 4 heteroatoms. The highest BCUT2D eigenvalue weighted by atomic mass is 35.5. The molecule has 0 radical (unpaired) electrons. The summed E-state index contributed by atoms with van der Waals surface area (Å²) in [6.45, 7) is 7.10. The Bertz CT molecular complexity index is 443. The van der Waals surface area contributed by atoms with Crippen LogP contribution in [-0.4, -0.2) is 37.5 Å². The normalized spacial score (nSPS) is 12.4. The van der Waals surface area contributed by atoms with E-state index < -0.39 is 0 Å². The minimum Gasteiger partial charge on any atom is -1.00 e. The number of rotatable bonds is 7. The molecule has 0 saturated heterocycles. The summed E-state index contributed by atoms with van der Waals surface area (Å²) < 4.78 is 0.604. The molecular weight excluding hydrogens is 272 g/mol. The molecule has 0 aliphatic carbocycles. The maximum Gasteiger partial charge on any atom is 0.219 e. The van der Waals surface area contributed by atoms with Crippen LogP contribution in [0.4, 0.5) is 0 Å². The summed E-state index contributed by atoms with van der Waals surface area (Å²) in [6.07, 6.45) is 0.903. The van der Waals surface area contributed by atoms with Gasteiger partial charge in [0.2, 0.25) is 5.78 Å². The minimum absolute atomic E-state index is 0. The van der Waals surface area contributed by atoms with Gasteiger partial charge in [-0.3, -0.25) is 4.79 Å². The van der Waals surface area contributed by atoms with E-state index in [1.54, 1.807) is 6.92 Å². The average molecular weight is 297 g/mol. The van der Waals surface area contributed by atoms with Gasteiger partial charge in [-0.15, -0.1) is 0 Å². The molecule has 1 unspecified atom stereocenters. The van der Waals surface area contributed by atoms with Crippen molar-refractivity contribution in [2.75, 3.05) is 27.2 Å².